The molecule has 0 aliphatic rings. The van der Waals surface area contributed by atoms with Crippen LogP contribution in [0.2, 0.25) is 0 Å². The summed E-state index contributed by atoms with van der Waals surface area (Å²) in [5.74, 6) is 0.295. The fourth-order valence-corrected chi connectivity index (χ4v) is 4.76. The first-order chi connectivity index (χ1) is 12.9. The van der Waals surface area contributed by atoms with Crippen LogP contribution >= 0.6 is 23.1 Å². The first-order valence-electron chi connectivity index (χ1n) is 8.70. The van der Waals surface area contributed by atoms with Crippen molar-refractivity contribution in [1.29, 1.82) is 0 Å². The van der Waals surface area contributed by atoms with Crippen molar-refractivity contribution in [2.45, 2.75) is 32.0 Å². The minimum absolute atomic E-state index is 0.0470. The summed E-state index contributed by atoms with van der Waals surface area (Å²) in [5.41, 5.74) is 3.40. The van der Waals surface area contributed by atoms with Crippen molar-refractivity contribution in [2.24, 2.45) is 7.05 Å². The average molecular weight is 406 g/mol. The Morgan fingerprint density at radius 1 is 1.37 bits per heavy atom. The highest BCUT2D eigenvalue weighted by molar-refractivity contribution is 7.99. The topological polar surface area (TPSA) is 66.1 Å². The number of carbonyl (C=O) groups excluding carboxylic acids is 1. The third kappa shape index (κ3) is 4.02. The second-order valence-electron chi connectivity index (χ2n) is 6.39. The largest absolute Gasteiger partial charge is 0.385 e. The normalized spacial score (nSPS) is 11.4. The first kappa shape index (κ1) is 19.9. The summed E-state index contributed by atoms with van der Waals surface area (Å²) in [5, 5.41) is 2.42. The minimum atomic E-state index is -0.0683. The molecule has 0 amide bonds. The Kier molecular flexibility index (Phi) is 6.18. The molecule has 0 aromatic carbocycles. The first-order valence-corrected chi connectivity index (χ1v) is 10.6. The number of Topliss-reactive ketones (excluding diaryl/α,β-unsaturated/α-hetero) is 1. The van der Waals surface area contributed by atoms with Crippen molar-refractivity contribution < 1.29 is 9.53 Å². The fourth-order valence-electron chi connectivity index (χ4n) is 3.10. The smallest absolute Gasteiger partial charge is 0.271 e. The highest BCUT2D eigenvalue weighted by Gasteiger charge is 2.17. The predicted octanol–water partition coefficient (Wildman–Crippen LogP) is 3.42. The number of thiophene rings is 1. The SMILES string of the molecule is COCCCn1c(C)cc(C(=O)CSc2nc3ccsc3c(=O)n2C)c1C. The molecule has 6 nitrogen and oxygen atoms in total. The van der Waals surface area contributed by atoms with Gasteiger partial charge in [0.2, 0.25) is 0 Å². The molecular weight excluding hydrogens is 382 g/mol. The van der Waals surface area contributed by atoms with Crippen molar-refractivity contribution in [1.82, 2.24) is 14.1 Å². The van der Waals surface area contributed by atoms with E-state index in [1.165, 1.54) is 27.7 Å². The maximum absolute atomic E-state index is 12.8. The number of aromatic nitrogens is 3. The number of ether oxygens (including phenoxy) is 1. The standard InChI is InChI=1S/C19H23N3O3S2/c1-12-10-14(13(2)22(12)7-5-8-25-4)16(23)11-27-19-20-15-6-9-26-17(15)18(24)21(19)3/h6,9-10H,5,7-8,11H2,1-4H3. The van der Waals surface area contributed by atoms with Gasteiger partial charge in [-0.2, -0.15) is 0 Å². The number of aryl methyl sites for hydroxylation is 1. The van der Waals surface area contributed by atoms with Crippen molar-refractivity contribution >= 4 is 39.1 Å². The lowest BCUT2D eigenvalue weighted by Gasteiger charge is -2.09. The Morgan fingerprint density at radius 2 is 2.15 bits per heavy atom. The van der Waals surface area contributed by atoms with Gasteiger partial charge in [-0.1, -0.05) is 11.8 Å². The molecule has 0 radical (unpaired) electrons. The number of rotatable bonds is 8. The van der Waals surface area contributed by atoms with Crippen LogP contribution in [0, 0.1) is 13.8 Å². The van der Waals surface area contributed by atoms with E-state index in [0.29, 0.717) is 22.0 Å². The van der Waals surface area contributed by atoms with Crippen molar-refractivity contribution in [2.75, 3.05) is 19.5 Å². The van der Waals surface area contributed by atoms with Gasteiger partial charge in [0.25, 0.3) is 5.56 Å². The number of hydrogen-bond donors (Lipinski definition) is 0. The van der Waals surface area contributed by atoms with E-state index >= 15 is 0 Å². The van der Waals surface area contributed by atoms with Gasteiger partial charge in [-0.3, -0.25) is 14.2 Å². The number of carbonyl (C=O) groups is 1. The predicted molar refractivity (Wildman–Crippen MR) is 110 cm³/mol. The molecule has 3 aromatic heterocycles. The molecule has 0 saturated carbocycles. The lowest BCUT2D eigenvalue weighted by atomic mass is 10.2. The molecule has 0 bridgehead atoms. The molecule has 0 fully saturated rings. The maximum Gasteiger partial charge on any atom is 0.271 e. The molecule has 3 heterocycles. The molecule has 3 rings (SSSR count). The molecule has 0 spiro atoms. The van der Waals surface area contributed by atoms with Gasteiger partial charge >= 0.3 is 0 Å². The van der Waals surface area contributed by atoms with Crippen molar-refractivity contribution in [3.05, 3.63) is 44.8 Å². The van der Waals surface area contributed by atoms with E-state index in [1.807, 2.05) is 31.4 Å². The highest BCUT2D eigenvalue weighted by Crippen LogP contribution is 2.23. The molecule has 0 N–H and O–H groups in total. The number of thioether (sulfide) groups is 1. The zero-order chi connectivity index (χ0) is 19.6. The van der Waals surface area contributed by atoms with Crippen LogP contribution in [0.5, 0.6) is 0 Å². The van der Waals surface area contributed by atoms with E-state index in [4.69, 9.17) is 4.74 Å². The van der Waals surface area contributed by atoms with Gasteiger partial charge in [-0.05, 0) is 37.8 Å². The summed E-state index contributed by atoms with van der Waals surface area (Å²) >= 11 is 2.69. The lowest BCUT2D eigenvalue weighted by Crippen LogP contribution is -2.19. The van der Waals surface area contributed by atoms with Gasteiger partial charge in [0.1, 0.15) is 4.70 Å². The third-order valence-electron chi connectivity index (χ3n) is 4.58. The van der Waals surface area contributed by atoms with Crippen molar-refractivity contribution in [3.63, 3.8) is 0 Å². The fraction of sp³-hybridized carbons (Fsp3) is 0.421. The lowest BCUT2D eigenvalue weighted by molar-refractivity contribution is 0.102. The summed E-state index contributed by atoms with van der Waals surface area (Å²) in [6.45, 7) is 5.51. The summed E-state index contributed by atoms with van der Waals surface area (Å²) in [6.07, 6.45) is 0.905. The zero-order valence-corrected chi connectivity index (χ0v) is 17.6. The quantitative estimate of drug-likeness (QED) is 0.249. The van der Waals surface area contributed by atoms with Gasteiger partial charge in [-0.25, -0.2) is 4.98 Å². The number of methoxy groups -OCH3 is 1. The van der Waals surface area contributed by atoms with Crippen LogP contribution in [0.25, 0.3) is 10.2 Å². The molecule has 8 heteroatoms. The number of nitrogens with zero attached hydrogens (tertiary/aromatic N) is 3. The van der Waals surface area contributed by atoms with Crippen LogP contribution in [-0.2, 0) is 18.3 Å². The molecule has 0 saturated heterocycles. The van der Waals surface area contributed by atoms with E-state index in [2.05, 4.69) is 9.55 Å². The molecule has 3 aromatic rings. The van der Waals surface area contributed by atoms with Gasteiger partial charge in [-0.15, -0.1) is 11.3 Å². The highest BCUT2D eigenvalue weighted by atomic mass is 32.2. The molecule has 0 aliphatic carbocycles. The van der Waals surface area contributed by atoms with E-state index in [0.717, 1.165) is 29.9 Å². The summed E-state index contributed by atoms with van der Waals surface area (Å²) in [7, 11) is 3.39. The Balaban J connectivity index is 1.76. The van der Waals surface area contributed by atoms with Crippen LogP contribution in [0.4, 0.5) is 0 Å². The molecule has 144 valence electrons. The van der Waals surface area contributed by atoms with Gasteiger partial charge < -0.3 is 9.30 Å². The van der Waals surface area contributed by atoms with Crippen LogP contribution in [-0.4, -0.2) is 39.4 Å². The van der Waals surface area contributed by atoms with E-state index in [9.17, 15) is 9.59 Å². The molecule has 0 aliphatic heterocycles. The summed E-state index contributed by atoms with van der Waals surface area (Å²) in [4.78, 5) is 29.7. The molecule has 27 heavy (non-hydrogen) atoms. The maximum atomic E-state index is 12.8. The Morgan fingerprint density at radius 3 is 2.89 bits per heavy atom. The molecule has 0 atom stereocenters. The third-order valence-corrected chi connectivity index (χ3v) is 6.50. The molecule has 0 unspecified atom stereocenters. The number of fused-ring (bicyclic) bond motifs is 1. The van der Waals surface area contributed by atoms with E-state index in [1.54, 1.807) is 14.2 Å². The Bertz CT molecular complexity index is 1030. The zero-order valence-electron chi connectivity index (χ0n) is 15.9. The second kappa shape index (κ2) is 8.41. The van der Waals surface area contributed by atoms with Gasteiger partial charge in [0.15, 0.2) is 10.9 Å². The number of hydrogen-bond acceptors (Lipinski definition) is 6. The van der Waals surface area contributed by atoms with E-state index in [-0.39, 0.29) is 17.1 Å². The minimum Gasteiger partial charge on any atom is -0.385 e. The van der Waals surface area contributed by atoms with Crippen molar-refractivity contribution in [3.8, 4) is 0 Å². The van der Waals surface area contributed by atoms with Crippen LogP contribution in [0.3, 0.4) is 0 Å². The van der Waals surface area contributed by atoms with Gasteiger partial charge in [0, 0.05) is 44.3 Å². The average Bonchev–Trinajstić information content (AvgIpc) is 3.22. The number of ketones is 1. The van der Waals surface area contributed by atoms with E-state index < -0.39 is 0 Å². The summed E-state index contributed by atoms with van der Waals surface area (Å²) in [6, 6.07) is 3.78. The Labute approximate surface area is 166 Å². The van der Waals surface area contributed by atoms with Crippen LogP contribution in [0.1, 0.15) is 28.2 Å². The second-order valence-corrected chi connectivity index (χ2v) is 8.25. The monoisotopic (exact) mass is 405 g/mol. The summed E-state index contributed by atoms with van der Waals surface area (Å²) < 4.78 is 9.43. The molecular formula is C19H23N3O3S2. The van der Waals surface area contributed by atoms with Gasteiger partial charge in [0.05, 0.1) is 11.3 Å². The Hall–Kier alpha value is -1.90. The van der Waals surface area contributed by atoms with Crippen LogP contribution < -0.4 is 5.56 Å². The van der Waals surface area contributed by atoms with Crippen LogP contribution in [0.15, 0.2) is 27.5 Å².